The molecular formula is C14H26N2O3S. The minimum atomic E-state index is -3.22. The van der Waals surface area contributed by atoms with Crippen molar-refractivity contribution in [2.45, 2.75) is 32.6 Å². The number of hydrogen-bond acceptors (Lipinski definition) is 4. The van der Waals surface area contributed by atoms with Gasteiger partial charge in [0.2, 0.25) is 5.91 Å². The van der Waals surface area contributed by atoms with Gasteiger partial charge >= 0.3 is 0 Å². The van der Waals surface area contributed by atoms with E-state index in [1.807, 2.05) is 0 Å². The molecule has 1 atom stereocenters. The third kappa shape index (κ3) is 3.73. The van der Waals surface area contributed by atoms with Crippen molar-refractivity contribution in [3.05, 3.63) is 0 Å². The van der Waals surface area contributed by atoms with E-state index in [1.165, 1.54) is 6.42 Å². The maximum Gasteiger partial charge on any atom is 0.237 e. The summed E-state index contributed by atoms with van der Waals surface area (Å²) >= 11 is 0. The Morgan fingerprint density at radius 2 is 1.80 bits per heavy atom. The van der Waals surface area contributed by atoms with Crippen LogP contribution in [0.1, 0.15) is 32.6 Å². The fourth-order valence-corrected chi connectivity index (χ4v) is 4.35. The normalized spacial score (nSPS) is 28.8. The zero-order valence-electron chi connectivity index (χ0n) is 12.6. The number of carbonyl (C=O) groups is 1. The number of rotatable bonds is 3. The first kappa shape index (κ1) is 15.8. The Morgan fingerprint density at radius 1 is 1.15 bits per heavy atom. The largest absolute Gasteiger partial charge is 0.341 e. The Labute approximate surface area is 122 Å². The molecule has 2 fully saturated rings. The van der Waals surface area contributed by atoms with Crippen LogP contribution >= 0.6 is 0 Å². The molecule has 0 aliphatic carbocycles. The number of piperidine rings is 2. The molecule has 2 aliphatic rings. The molecule has 0 N–H and O–H groups in total. The van der Waals surface area contributed by atoms with Crippen molar-refractivity contribution in [1.29, 1.82) is 0 Å². The predicted molar refractivity (Wildman–Crippen MR) is 79.3 cm³/mol. The lowest BCUT2D eigenvalue weighted by Gasteiger charge is -2.47. The second-order valence-electron chi connectivity index (χ2n) is 6.44. The lowest BCUT2D eigenvalue weighted by Crippen LogP contribution is -2.53. The standard InChI is InChI=1S/C14H26N2O3S/c1-3-20(18,19)10-13(17)16-9-5-7-14(12-16)6-4-8-15(2)11-14/h3-12H2,1-2H3/t14-/m0/s1. The summed E-state index contributed by atoms with van der Waals surface area (Å²) in [4.78, 5) is 16.3. The van der Waals surface area contributed by atoms with E-state index in [4.69, 9.17) is 0 Å². The molecule has 2 rings (SSSR count). The van der Waals surface area contributed by atoms with Gasteiger partial charge in [-0.25, -0.2) is 8.42 Å². The molecule has 0 aromatic carbocycles. The number of hydrogen-bond donors (Lipinski definition) is 0. The second-order valence-corrected chi connectivity index (χ2v) is 8.79. The van der Waals surface area contributed by atoms with Gasteiger partial charge in [0, 0.05) is 30.8 Å². The summed E-state index contributed by atoms with van der Waals surface area (Å²) in [5.41, 5.74) is 0.191. The molecular weight excluding hydrogens is 276 g/mol. The zero-order chi connectivity index (χ0) is 14.8. The average molecular weight is 302 g/mol. The summed E-state index contributed by atoms with van der Waals surface area (Å²) in [6.45, 7) is 5.19. The van der Waals surface area contributed by atoms with Crippen molar-refractivity contribution < 1.29 is 13.2 Å². The van der Waals surface area contributed by atoms with Gasteiger partial charge in [-0.15, -0.1) is 0 Å². The van der Waals surface area contributed by atoms with Gasteiger partial charge in [0.1, 0.15) is 5.75 Å². The monoisotopic (exact) mass is 302 g/mol. The lowest BCUT2D eigenvalue weighted by molar-refractivity contribution is -0.133. The van der Waals surface area contributed by atoms with Crippen LogP contribution in [-0.2, 0) is 14.6 Å². The minimum Gasteiger partial charge on any atom is -0.341 e. The highest BCUT2D eigenvalue weighted by atomic mass is 32.2. The molecule has 1 spiro atoms. The van der Waals surface area contributed by atoms with Crippen LogP contribution in [-0.4, -0.2) is 68.9 Å². The summed E-state index contributed by atoms with van der Waals surface area (Å²) < 4.78 is 23.2. The molecule has 2 aliphatic heterocycles. The number of nitrogens with zero attached hydrogens (tertiary/aromatic N) is 2. The van der Waals surface area contributed by atoms with E-state index in [9.17, 15) is 13.2 Å². The third-order valence-electron chi connectivity index (χ3n) is 4.65. The summed E-state index contributed by atoms with van der Waals surface area (Å²) in [6.07, 6.45) is 4.47. The molecule has 116 valence electrons. The molecule has 1 amide bonds. The first-order valence-corrected chi connectivity index (χ1v) is 9.35. The van der Waals surface area contributed by atoms with Crippen LogP contribution in [0.25, 0.3) is 0 Å². The van der Waals surface area contributed by atoms with Crippen LogP contribution < -0.4 is 0 Å². The van der Waals surface area contributed by atoms with Crippen molar-refractivity contribution in [3.8, 4) is 0 Å². The highest BCUT2D eigenvalue weighted by Gasteiger charge is 2.39. The molecule has 2 saturated heterocycles. The zero-order valence-corrected chi connectivity index (χ0v) is 13.4. The van der Waals surface area contributed by atoms with Crippen LogP contribution in [0.3, 0.4) is 0 Å². The van der Waals surface area contributed by atoms with Crippen molar-refractivity contribution in [1.82, 2.24) is 9.80 Å². The third-order valence-corrected chi connectivity index (χ3v) is 6.22. The number of amides is 1. The predicted octanol–water partition coefficient (Wildman–Crippen LogP) is 0.756. The highest BCUT2D eigenvalue weighted by molar-refractivity contribution is 7.92. The Balaban J connectivity index is 2.01. The number of likely N-dealkylation sites (tertiary alicyclic amines) is 2. The molecule has 0 bridgehead atoms. The van der Waals surface area contributed by atoms with Gasteiger partial charge in [0.25, 0.3) is 0 Å². The fraction of sp³-hybridized carbons (Fsp3) is 0.929. The van der Waals surface area contributed by atoms with E-state index in [-0.39, 0.29) is 22.8 Å². The van der Waals surface area contributed by atoms with Crippen molar-refractivity contribution in [2.24, 2.45) is 5.41 Å². The van der Waals surface area contributed by atoms with Crippen LogP contribution in [0.5, 0.6) is 0 Å². The van der Waals surface area contributed by atoms with Crippen LogP contribution in [0, 0.1) is 5.41 Å². The van der Waals surface area contributed by atoms with E-state index < -0.39 is 9.84 Å². The van der Waals surface area contributed by atoms with E-state index in [0.717, 1.165) is 38.9 Å². The Kier molecular flexibility index (Phi) is 4.74. The molecule has 0 aromatic rings. The van der Waals surface area contributed by atoms with E-state index in [2.05, 4.69) is 11.9 Å². The van der Waals surface area contributed by atoms with Gasteiger partial charge in [-0.1, -0.05) is 6.92 Å². The molecule has 0 saturated carbocycles. The van der Waals surface area contributed by atoms with Gasteiger partial charge in [-0.05, 0) is 39.3 Å². The van der Waals surface area contributed by atoms with Crippen LogP contribution in [0.4, 0.5) is 0 Å². The second kappa shape index (κ2) is 6.02. The Morgan fingerprint density at radius 3 is 2.40 bits per heavy atom. The first-order chi connectivity index (χ1) is 9.36. The van der Waals surface area contributed by atoms with E-state index in [0.29, 0.717) is 6.54 Å². The van der Waals surface area contributed by atoms with Crippen molar-refractivity contribution >= 4 is 15.7 Å². The molecule has 0 radical (unpaired) electrons. The summed E-state index contributed by atoms with van der Waals surface area (Å²) in [5, 5.41) is 0. The smallest absolute Gasteiger partial charge is 0.237 e. The molecule has 20 heavy (non-hydrogen) atoms. The summed E-state index contributed by atoms with van der Waals surface area (Å²) in [7, 11) is -1.09. The van der Waals surface area contributed by atoms with Gasteiger partial charge in [0.15, 0.2) is 9.84 Å². The Bertz CT molecular complexity index is 459. The Hall–Kier alpha value is -0.620. The van der Waals surface area contributed by atoms with Gasteiger partial charge in [-0.3, -0.25) is 4.79 Å². The van der Waals surface area contributed by atoms with Gasteiger partial charge < -0.3 is 9.80 Å². The van der Waals surface area contributed by atoms with E-state index in [1.54, 1.807) is 11.8 Å². The topological polar surface area (TPSA) is 57.7 Å². The minimum absolute atomic E-state index is 0.0421. The van der Waals surface area contributed by atoms with Gasteiger partial charge in [0.05, 0.1) is 0 Å². The highest BCUT2D eigenvalue weighted by Crippen LogP contribution is 2.38. The van der Waals surface area contributed by atoms with Crippen LogP contribution in [0.15, 0.2) is 0 Å². The number of sulfone groups is 1. The van der Waals surface area contributed by atoms with E-state index >= 15 is 0 Å². The first-order valence-electron chi connectivity index (χ1n) is 7.53. The molecule has 0 aromatic heterocycles. The molecule has 2 heterocycles. The quantitative estimate of drug-likeness (QED) is 0.772. The van der Waals surface area contributed by atoms with Gasteiger partial charge in [-0.2, -0.15) is 0 Å². The summed E-state index contributed by atoms with van der Waals surface area (Å²) in [5.74, 6) is -0.491. The lowest BCUT2D eigenvalue weighted by atomic mass is 9.74. The van der Waals surface area contributed by atoms with Crippen molar-refractivity contribution in [2.75, 3.05) is 44.7 Å². The van der Waals surface area contributed by atoms with Crippen molar-refractivity contribution in [3.63, 3.8) is 0 Å². The summed E-state index contributed by atoms with van der Waals surface area (Å²) in [6, 6.07) is 0. The maximum atomic E-state index is 12.2. The fourth-order valence-electron chi connectivity index (χ4n) is 3.59. The van der Waals surface area contributed by atoms with Crippen LogP contribution in [0.2, 0.25) is 0 Å². The maximum absolute atomic E-state index is 12.2. The molecule has 0 unspecified atom stereocenters. The molecule has 5 nitrogen and oxygen atoms in total. The molecule has 6 heteroatoms. The number of carbonyl (C=O) groups excluding carboxylic acids is 1. The SMILES string of the molecule is CCS(=O)(=O)CC(=O)N1CCC[C@]2(CCCN(C)C2)C1. The average Bonchev–Trinajstić information content (AvgIpc) is 2.38.